The SMILES string of the molecule is Cc1csc(C2CCCCN2C(=O)Cc2c(C)nc(C)[nH]c2=O)n1. The number of likely N-dealkylation sites (tertiary alicyclic amines) is 1. The van der Waals surface area contributed by atoms with E-state index in [1.165, 1.54) is 0 Å². The topological polar surface area (TPSA) is 79.0 Å². The van der Waals surface area contributed by atoms with Gasteiger partial charge in [0, 0.05) is 28.9 Å². The summed E-state index contributed by atoms with van der Waals surface area (Å²) in [6, 6.07) is 0.0303. The van der Waals surface area contributed by atoms with Crippen LogP contribution in [0.4, 0.5) is 0 Å². The Kier molecular flexibility index (Phi) is 4.80. The minimum atomic E-state index is -0.216. The Morgan fingerprint density at radius 1 is 1.33 bits per heavy atom. The van der Waals surface area contributed by atoms with Gasteiger partial charge in [0.25, 0.3) is 5.56 Å². The first kappa shape index (κ1) is 16.8. The second-order valence-electron chi connectivity index (χ2n) is 6.32. The van der Waals surface area contributed by atoms with Crippen molar-refractivity contribution in [2.45, 2.75) is 52.5 Å². The quantitative estimate of drug-likeness (QED) is 0.926. The smallest absolute Gasteiger partial charge is 0.254 e. The van der Waals surface area contributed by atoms with E-state index in [0.717, 1.165) is 36.5 Å². The molecule has 128 valence electrons. The van der Waals surface area contributed by atoms with Crippen molar-refractivity contribution in [3.63, 3.8) is 0 Å². The molecule has 0 radical (unpaired) electrons. The minimum absolute atomic E-state index is 0.0215. The number of hydrogen-bond donors (Lipinski definition) is 1. The Balaban J connectivity index is 1.84. The number of aromatic nitrogens is 3. The zero-order valence-electron chi connectivity index (χ0n) is 14.3. The van der Waals surface area contributed by atoms with Crippen LogP contribution in [0.3, 0.4) is 0 Å². The van der Waals surface area contributed by atoms with E-state index in [0.29, 0.717) is 17.1 Å². The number of carbonyl (C=O) groups is 1. The Bertz CT molecular complexity index is 811. The Labute approximate surface area is 145 Å². The molecule has 0 aliphatic carbocycles. The van der Waals surface area contributed by atoms with Crippen LogP contribution in [0.2, 0.25) is 0 Å². The summed E-state index contributed by atoms with van der Waals surface area (Å²) in [5.74, 6) is 0.551. The summed E-state index contributed by atoms with van der Waals surface area (Å²) in [7, 11) is 0. The molecule has 3 heterocycles. The number of amides is 1. The van der Waals surface area contributed by atoms with Gasteiger partial charge in [0.05, 0.1) is 12.5 Å². The maximum absolute atomic E-state index is 12.9. The molecular formula is C17H22N4O2S. The number of nitrogens with zero attached hydrogens (tertiary/aromatic N) is 3. The minimum Gasteiger partial charge on any atom is -0.333 e. The molecule has 1 N–H and O–H groups in total. The van der Waals surface area contributed by atoms with Gasteiger partial charge in [-0.3, -0.25) is 9.59 Å². The van der Waals surface area contributed by atoms with E-state index in [1.54, 1.807) is 25.2 Å². The Morgan fingerprint density at radius 2 is 2.12 bits per heavy atom. The average Bonchev–Trinajstić information content (AvgIpc) is 2.97. The first-order valence-electron chi connectivity index (χ1n) is 8.23. The first-order chi connectivity index (χ1) is 11.5. The molecule has 1 unspecified atom stereocenters. The first-order valence-corrected chi connectivity index (χ1v) is 9.11. The molecule has 0 spiro atoms. The van der Waals surface area contributed by atoms with Crippen molar-refractivity contribution >= 4 is 17.2 Å². The van der Waals surface area contributed by atoms with Crippen molar-refractivity contribution in [1.82, 2.24) is 19.9 Å². The van der Waals surface area contributed by atoms with Crippen molar-refractivity contribution in [3.05, 3.63) is 43.5 Å². The summed E-state index contributed by atoms with van der Waals surface area (Å²) in [6.07, 6.45) is 3.11. The van der Waals surface area contributed by atoms with E-state index in [1.807, 2.05) is 17.2 Å². The lowest BCUT2D eigenvalue weighted by Crippen LogP contribution is -2.40. The van der Waals surface area contributed by atoms with Crippen LogP contribution < -0.4 is 5.56 Å². The molecule has 0 bridgehead atoms. The molecule has 6 nitrogen and oxygen atoms in total. The van der Waals surface area contributed by atoms with Crippen molar-refractivity contribution in [1.29, 1.82) is 0 Å². The number of nitrogens with one attached hydrogen (secondary N) is 1. The zero-order valence-corrected chi connectivity index (χ0v) is 15.1. The Hall–Kier alpha value is -2.02. The second-order valence-corrected chi connectivity index (χ2v) is 7.21. The maximum atomic E-state index is 12.9. The van der Waals surface area contributed by atoms with Gasteiger partial charge >= 0.3 is 0 Å². The van der Waals surface area contributed by atoms with Crippen molar-refractivity contribution in [3.8, 4) is 0 Å². The number of rotatable bonds is 3. The summed E-state index contributed by atoms with van der Waals surface area (Å²) in [4.78, 5) is 38.4. The summed E-state index contributed by atoms with van der Waals surface area (Å²) in [6.45, 7) is 6.21. The van der Waals surface area contributed by atoms with E-state index in [9.17, 15) is 9.59 Å². The molecule has 24 heavy (non-hydrogen) atoms. The van der Waals surface area contributed by atoms with Crippen molar-refractivity contribution in [2.24, 2.45) is 0 Å². The molecular weight excluding hydrogens is 324 g/mol. The standard InChI is InChI=1S/C17H22N4O2S/c1-10-9-24-17(18-10)14-6-4-5-7-21(14)15(22)8-13-11(2)19-12(3)20-16(13)23/h9,14H,4-8H2,1-3H3,(H,19,20,23). The summed E-state index contributed by atoms with van der Waals surface area (Å²) < 4.78 is 0. The third kappa shape index (κ3) is 3.40. The predicted molar refractivity (Wildman–Crippen MR) is 93.2 cm³/mol. The van der Waals surface area contributed by atoms with Crippen LogP contribution in [0.5, 0.6) is 0 Å². The fraction of sp³-hybridized carbons (Fsp3) is 0.529. The van der Waals surface area contributed by atoms with Crippen LogP contribution >= 0.6 is 11.3 Å². The van der Waals surface area contributed by atoms with Crippen LogP contribution in [0.1, 0.15) is 53.1 Å². The predicted octanol–water partition coefficient (Wildman–Crippen LogP) is 2.45. The third-order valence-corrected chi connectivity index (χ3v) is 5.48. The van der Waals surface area contributed by atoms with Gasteiger partial charge in [-0.2, -0.15) is 0 Å². The lowest BCUT2D eigenvalue weighted by atomic mass is 10.0. The number of aromatic amines is 1. The molecule has 2 aromatic heterocycles. The number of hydrogen-bond acceptors (Lipinski definition) is 5. The van der Waals surface area contributed by atoms with Gasteiger partial charge in [-0.1, -0.05) is 0 Å². The van der Waals surface area contributed by atoms with Crippen molar-refractivity contribution < 1.29 is 4.79 Å². The van der Waals surface area contributed by atoms with E-state index < -0.39 is 0 Å². The number of carbonyl (C=O) groups excluding carboxylic acids is 1. The molecule has 3 rings (SSSR count). The molecule has 0 aromatic carbocycles. The van der Waals surface area contributed by atoms with Gasteiger partial charge < -0.3 is 9.88 Å². The second kappa shape index (κ2) is 6.84. The number of piperidine rings is 1. The fourth-order valence-electron chi connectivity index (χ4n) is 3.22. The van der Waals surface area contributed by atoms with Gasteiger partial charge in [0.15, 0.2) is 0 Å². The normalized spacial score (nSPS) is 18.0. The highest BCUT2D eigenvalue weighted by Crippen LogP contribution is 2.33. The molecule has 1 aliphatic rings. The van der Waals surface area contributed by atoms with Crippen LogP contribution in [0, 0.1) is 20.8 Å². The van der Waals surface area contributed by atoms with Gasteiger partial charge in [0.1, 0.15) is 10.8 Å². The highest BCUT2D eigenvalue weighted by molar-refractivity contribution is 7.09. The number of H-pyrrole nitrogens is 1. The monoisotopic (exact) mass is 346 g/mol. The van der Waals surface area contributed by atoms with E-state index in [-0.39, 0.29) is 23.9 Å². The van der Waals surface area contributed by atoms with Gasteiger partial charge in [-0.15, -0.1) is 11.3 Å². The van der Waals surface area contributed by atoms with Crippen LogP contribution in [-0.2, 0) is 11.2 Å². The molecule has 7 heteroatoms. The van der Waals surface area contributed by atoms with E-state index >= 15 is 0 Å². The highest BCUT2D eigenvalue weighted by atomic mass is 32.1. The third-order valence-electron chi connectivity index (χ3n) is 4.41. The molecule has 1 atom stereocenters. The average molecular weight is 346 g/mol. The molecule has 1 aliphatic heterocycles. The van der Waals surface area contributed by atoms with E-state index in [2.05, 4.69) is 15.0 Å². The van der Waals surface area contributed by atoms with Crippen LogP contribution in [-0.4, -0.2) is 32.3 Å². The molecule has 0 saturated carbocycles. The van der Waals surface area contributed by atoms with Gasteiger partial charge in [-0.25, -0.2) is 9.97 Å². The van der Waals surface area contributed by atoms with E-state index in [4.69, 9.17) is 0 Å². The van der Waals surface area contributed by atoms with Crippen LogP contribution in [0.25, 0.3) is 0 Å². The van der Waals surface area contributed by atoms with Gasteiger partial charge in [-0.05, 0) is 40.0 Å². The molecule has 1 saturated heterocycles. The summed E-state index contributed by atoms with van der Waals surface area (Å²) >= 11 is 1.61. The fourth-order valence-corrected chi connectivity index (χ4v) is 4.17. The molecule has 1 amide bonds. The summed E-state index contributed by atoms with van der Waals surface area (Å²) in [5.41, 5.74) is 1.86. The zero-order chi connectivity index (χ0) is 17.3. The largest absolute Gasteiger partial charge is 0.333 e. The van der Waals surface area contributed by atoms with Crippen molar-refractivity contribution in [2.75, 3.05) is 6.54 Å². The maximum Gasteiger partial charge on any atom is 0.254 e. The lowest BCUT2D eigenvalue weighted by molar-refractivity contribution is -0.134. The van der Waals surface area contributed by atoms with Crippen LogP contribution in [0.15, 0.2) is 10.2 Å². The number of thiazole rings is 1. The molecule has 1 fully saturated rings. The highest BCUT2D eigenvalue weighted by Gasteiger charge is 2.30. The number of aryl methyl sites for hydroxylation is 3. The lowest BCUT2D eigenvalue weighted by Gasteiger charge is -2.34. The molecule has 2 aromatic rings. The Morgan fingerprint density at radius 3 is 2.79 bits per heavy atom. The summed E-state index contributed by atoms with van der Waals surface area (Å²) in [5, 5.41) is 3.01. The van der Waals surface area contributed by atoms with Gasteiger partial charge in [0.2, 0.25) is 5.91 Å².